The third-order valence-electron chi connectivity index (χ3n) is 3.79. The number of nitrogens with zero attached hydrogens (tertiary/aromatic N) is 3. The van der Waals surface area contributed by atoms with Crippen LogP contribution in [0.25, 0.3) is 0 Å². The van der Waals surface area contributed by atoms with Crippen LogP contribution in [0.5, 0.6) is 0 Å². The molecule has 0 unspecified atom stereocenters. The van der Waals surface area contributed by atoms with Gasteiger partial charge in [-0.3, -0.25) is 0 Å². The lowest BCUT2D eigenvalue weighted by atomic mass is 10.2. The van der Waals surface area contributed by atoms with Crippen molar-refractivity contribution in [1.82, 2.24) is 9.97 Å². The van der Waals surface area contributed by atoms with E-state index in [1.54, 1.807) is 7.11 Å². The van der Waals surface area contributed by atoms with Crippen molar-refractivity contribution in [2.24, 2.45) is 0 Å². The number of hydrogen-bond acceptors (Lipinski definition) is 6. The summed E-state index contributed by atoms with van der Waals surface area (Å²) in [5.74, 6) is 2.37. The van der Waals surface area contributed by atoms with Crippen molar-refractivity contribution in [3.05, 3.63) is 11.9 Å². The van der Waals surface area contributed by atoms with Gasteiger partial charge in [-0.25, -0.2) is 9.97 Å². The van der Waals surface area contributed by atoms with Gasteiger partial charge in [0, 0.05) is 32.3 Å². The largest absolute Gasteiger partial charge is 0.395 e. The molecule has 6 nitrogen and oxygen atoms in total. The zero-order valence-corrected chi connectivity index (χ0v) is 13.0. The maximum absolute atomic E-state index is 9.38. The second-order valence-electron chi connectivity index (χ2n) is 5.35. The summed E-state index contributed by atoms with van der Waals surface area (Å²) in [7, 11) is 1.64. The van der Waals surface area contributed by atoms with E-state index < -0.39 is 0 Å². The highest BCUT2D eigenvalue weighted by Gasteiger charge is 2.24. The Hall–Kier alpha value is -1.40. The molecule has 1 aromatic heterocycles. The van der Waals surface area contributed by atoms with Crippen molar-refractivity contribution in [2.45, 2.75) is 45.3 Å². The summed E-state index contributed by atoms with van der Waals surface area (Å²) in [5.41, 5.74) is 0. The van der Waals surface area contributed by atoms with E-state index in [0.29, 0.717) is 25.0 Å². The Morgan fingerprint density at radius 3 is 2.76 bits per heavy atom. The number of aliphatic hydroxyl groups is 1. The van der Waals surface area contributed by atoms with Crippen LogP contribution < -0.4 is 10.2 Å². The second-order valence-corrected chi connectivity index (χ2v) is 5.35. The number of aliphatic hydroxyl groups excluding tert-OH is 1. The van der Waals surface area contributed by atoms with Crippen molar-refractivity contribution in [3.8, 4) is 0 Å². The molecule has 1 saturated carbocycles. The summed E-state index contributed by atoms with van der Waals surface area (Å²) in [6.07, 6.45) is 4.84. The number of methoxy groups -OCH3 is 1. The number of hydrogen-bond donors (Lipinski definition) is 2. The lowest BCUT2D eigenvalue weighted by molar-refractivity contribution is 0.178. The van der Waals surface area contributed by atoms with Crippen LogP contribution in [0.3, 0.4) is 0 Å². The maximum atomic E-state index is 9.38. The number of aromatic nitrogens is 2. The summed E-state index contributed by atoms with van der Waals surface area (Å²) < 4.78 is 5.16. The molecular weight excluding hydrogens is 268 g/mol. The Morgan fingerprint density at radius 1 is 1.38 bits per heavy atom. The summed E-state index contributed by atoms with van der Waals surface area (Å²) in [5, 5.41) is 12.6. The van der Waals surface area contributed by atoms with Crippen LogP contribution >= 0.6 is 0 Å². The molecule has 1 aliphatic carbocycles. The van der Waals surface area contributed by atoms with E-state index in [4.69, 9.17) is 4.74 Å². The van der Waals surface area contributed by atoms with E-state index in [1.165, 1.54) is 25.7 Å². The molecule has 0 atom stereocenters. The minimum atomic E-state index is 0.136. The first-order chi connectivity index (χ1) is 10.3. The number of nitrogens with one attached hydrogen (secondary N) is 1. The zero-order valence-electron chi connectivity index (χ0n) is 13.0. The third kappa shape index (κ3) is 4.28. The van der Waals surface area contributed by atoms with E-state index in [-0.39, 0.29) is 6.61 Å². The zero-order chi connectivity index (χ0) is 15.1. The molecule has 0 amide bonds. The highest BCUT2D eigenvalue weighted by molar-refractivity contribution is 5.50. The van der Waals surface area contributed by atoms with Crippen molar-refractivity contribution >= 4 is 11.6 Å². The molecule has 1 aromatic rings. The fourth-order valence-electron chi connectivity index (χ4n) is 2.90. The van der Waals surface area contributed by atoms with Crippen molar-refractivity contribution < 1.29 is 9.84 Å². The predicted octanol–water partition coefficient (Wildman–Crippen LogP) is 1.80. The van der Waals surface area contributed by atoms with Gasteiger partial charge in [0.05, 0.1) is 6.61 Å². The normalized spacial score (nSPS) is 15.4. The molecule has 2 rings (SSSR count). The van der Waals surface area contributed by atoms with Crippen LogP contribution in [-0.4, -0.2) is 47.9 Å². The quantitative estimate of drug-likeness (QED) is 0.762. The maximum Gasteiger partial charge on any atom is 0.158 e. The summed E-state index contributed by atoms with van der Waals surface area (Å²) in [6, 6.07) is 2.44. The molecule has 1 heterocycles. The van der Waals surface area contributed by atoms with E-state index in [0.717, 1.165) is 18.2 Å². The Bertz CT molecular complexity index is 411. The van der Waals surface area contributed by atoms with Crippen LogP contribution in [0.4, 0.5) is 11.6 Å². The van der Waals surface area contributed by atoms with Crippen LogP contribution in [0.1, 0.15) is 38.4 Å². The standard InChI is InChI=1S/C15H26N4O2/c1-3-16-13-10-15(18-14(17-13)11-21-2)19(8-9-20)12-6-4-5-7-12/h10,12,20H,3-9,11H2,1-2H3,(H,16,17,18). The number of anilines is 2. The van der Waals surface area contributed by atoms with Gasteiger partial charge in [-0.15, -0.1) is 0 Å². The number of rotatable bonds is 8. The van der Waals surface area contributed by atoms with Gasteiger partial charge in [-0.1, -0.05) is 12.8 Å². The average molecular weight is 294 g/mol. The summed E-state index contributed by atoms with van der Waals surface area (Å²) in [4.78, 5) is 11.3. The minimum absolute atomic E-state index is 0.136. The first-order valence-electron chi connectivity index (χ1n) is 7.76. The molecule has 0 radical (unpaired) electrons. The summed E-state index contributed by atoms with van der Waals surface area (Å²) >= 11 is 0. The second kappa shape index (κ2) is 8.14. The predicted molar refractivity (Wildman–Crippen MR) is 83.6 cm³/mol. The molecule has 6 heteroatoms. The highest BCUT2D eigenvalue weighted by Crippen LogP contribution is 2.28. The van der Waals surface area contributed by atoms with Gasteiger partial charge < -0.3 is 20.1 Å². The Balaban J connectivity index is 2.27. The molecule has 0 aromatic carbocycles. The van der Waals surface area contributed by atoms with Gasteiger partial charge in [0.25, 0.3) is 0 Å². The topological polar surface area (TPSA) is 70.5 Å². The SMILES string of the molecule is CCNc1cc(N(CCO)C2CCCC2)nc(COC)n1. The lowest BCUT2D eigenvalue weighted by Gasteiger charge is -2.30. The van der Waals surface area contributed by atoms with Gasteiger partial charge in [0.2, 0.25) is 0 Å². The van der Waals surface area contributed by atoms with E-state index >= 15 is 0 Å². The molecule has 2 N–H and O–H groups in total. The lowest BCUT2D eigenvalue weighted by Crippen LogP contribution is -2.36. The Kier molecular flexibility index (Phi) is 6.20. The van der Waals surface area contributed by atoms with E-state index in [9.17, 15) is 5.11 Å². The fraction of sp³-hybridized carbons (Fsp3) is 0.733. The van der Waals surface area contributed by atoms with Gasteiger partial charge in [0.15, 0.2) is 5.82 Å². The van der Waals surface area contributed by atoms with Gasteiger partial charge in [0.1, 0.15) is 18.2 Å². The van der Waals surface area contributed by atoms with Crippen LogP contribution in [0.15, 0.2) is 6.07 Å². The van der Waals surface area contributed by atoms with E-state index in [1.807, 2.05) is 13.0 Å². The van der Waals surface area contributed by atoms with Gasteiger partial charge in [-0.2, -0.15) is 0 Å². The van der Waals surface area contributed by atoms with Crippen LogP contribution in [0, 0.1) is 0 Å². The van der Waals surface area contributed by atoms with Crippen molar-refractivity contribution in [1.29, 1.82) is 0 Å². The molecule has 1 aliphatic rings. The smallest absolute Gasteiger partial charge is 0.158 e. The molecule has 0 bridgehead atoms. The fourth-order valence-corrected chi connectivity index (χ4v) is 2.90. The van der Waals surface area contributed by atoms with Crippen molar-refractivity contribution in [2.75, 3.05) is 37.0 Å². The molecule has 1 fully saturated rings. The van der Waals surface area contributed by atoms with Crippen LogP contribution in [0.2, 0.25) is 0 Å². The Labute approximate surface area is 126 Å². The minimum Gasteiger partial charge on any atom is -0.395 e. The number of ether oxygens (including phenoxy) is 1. The van der Waals surface area contributed by atoms with Gasteiger partial charge >= 0.3 is 0 Å². The molecular formula is C15H26N4O2. The average Bonchev–Trinajstić information content (AvgIpc) is 2.99. The first-order valence-corrected chi connectivity index (χ1v) is 7.76. The Morgan fingerprint density at radius 2 is 2.14 bits per heavy atom. The first kappa shape index (κ1) is 16.0. The molecule has 21 heavy (non-hydrogen) atoms. The molecule has 0 spiro atoms. The van der Waals surface area contributed by atoms with Crippen LogP contribution in [-0.2, 0) is 11.3 Å². The van der Waals surface area contributed by atoms with Crippen molar-refractivity contribution in [3.63, 3.8) is 0 Å². The molecule has 118 valence electrons. The molecule has 0 saturated heterocycles. The molecule has 0 aliphatic heterocycles. The summed E-state index contributed by atoms with van der Waals surface area (Å²) in [6.45, 7) is 3.99. The highest BCUT2D eigenvalue weighted by atomic mass is 16.5. The van der Waals surface area contributed by atoms with E-state index in [2.05, 4.69) is 20.2 Å². The monoisotopic (exact) mass is 294 g/mol. The van der Waals surface area contributed by atoms with Gasteiger partial charge in [-0.05, 0) is 19.8 Å². The third-order valence-corrected chi connectivity index (χ3v) is 3.79.